The van der Waals surface area contributed by atoms with Crippen LogP contribution in [0.1, 0.15) is 23.2 Å². The number of nitro groups is 1. The maximum absolute atomic E-state index is 11.8. The number of anilines is 1. The van der Waals surface area contributed by atoms with Gasteiger partial charge in [0.2, 0.25) is 0 Å². The lowest BCUT2D eigenvalue weighted by Crippen LogP contribution is -2.26. The standard InChI is InChI=1S/C11H16N4O3.ClH/c12-6-1-2-7-14-11(16)8-4-3-5-9(10(8)13)15(17)18;/h3-5H,1-2,6-7,12-13H2,(H,14,16);1H. The molecule has 0 bridgehead atoms. The summed E-state index contributed by atoms with van der Waals surface area (Å²) in [5.41, 5.74) is 10.7. The molecule has 7 nitrogen and oxygen atoms in total. The van der Waals surface area contributed by atoms with Crippen LogP contribution < -0.4 is 16.8 Å². The molecule has 0 aliphatic rings. The smallest absolute Gasteiger partial charge is 0.292 e. The Labute approximate surface area is 116 Å². The van der Waals surface area contributed by atoms with Crippen molar-refractivity contribution in [3.05, 3.63) is 33.9 Å². The van der Waals surface area contributed by atoms with Crippen LogP contribution >= 0.6 is 12.4 Å². The van der Waals surface area contributed by atoms with Crippen molar-refractivity contribution >= 4 is 29.7 Å². The molecule has 1 aromatic rings. The Bertz CT molecular complexity index is 454. The molecular weight excluding hydrogens is 272 g/mol. The summed E-state index contributed by atoms with van der Waals surface area (Å²) in [7, 11) is 0. The molecule has 19 heavy (non-hydrogen) atoms. The summed E-state index contributed by atoms with van der Waals surface area (Å²) in [6.45, 7) is 1.03. The van der Waals surface area contributed by atoms with Gasteiger partial charge >= 0.3 is 0 Å². The minimum absolute atomic E-state index is 0. The molecule has 1 aromatic carbocycles. The number of rotatable bonds is 6. The predicted octanol–water partition coefficient (Wildman–Crippen LogP) is 1.07. The zero-order chi connectivity index (χ0) is 13.5. The number of nitrogens with zero attached hydrogens (tertiary/aromatic N) is 1. The molecule has 0 unspecified atom stereocenters. The molecule has 1 rings (SSSR count). The van der Waals surface area contributed by atoms with E-state index in [-0.39, 0.29) is 29.3 Å². The first-order valence-electron chi connectivity index (χ1n) is 5.59. The number of hydrogen-bond donors (Lipinski definition) is 3. The average Bonchev–Trinajstić information content (AvgIpc) is 2.34. The Balaban J connectivity index is 0.00000324. The number of nitrogen functional groups attached to an aromatic ring is 1. The number of para-hydroxylation sites is 1. The molecule has 0 saturated heterocycles. The van der Waals surface area contributed by atoms with Gasteiger partial charge in [0.05, 0.1) is 10.5 Å². The Morgan fingerprint density at radius 2 is 2.05 bits per heavy atom. The van der Waals surface area contributed by atoms with E-state index in [1.807, 2.05) is 0 Å². The first kappa shape index (κ1) is 17.1. The number of benzene rings is 1. The third kappa shape index (κ3) is 4.72. The van der Waals surface area contributed by atoms with Gasteiger partial charge in [-0.3, -0.25) is 14.9 Å². The highest BCUT2D eigenvalue weighted by Gasteiger charge is 2.18. The number of nitrogens with two attached hydrogens (primary N) is 2. The number of hydrogen-bond acceptors (Lipinski definition) is 5. The van der Waals surface area contributed by atoms with E-state index in [2.05, 4.69) is 5.32 Å². The molecule has 0 aliphatic carbocycles. The van der Waals surface area contributed by atoms with Crippen molar-refractivity contribution in [1.29, 1.82) is 0 Å². The van der Waals surface area contributed by atoms with Gasteiger partial charge in [-0.1, -0.05) is 6.07 Å². The lowest BCUT2D eigenvalue weighted by atomic mass is 10.1. The van der Waals surface area contributed by atoms with Gasteiger partial charge in [-0.25, -0.2) is 0 Å². The summed E-state index contributed by atoms with van der Waals surface area (Å²) in [5.74, 6) is -0.409. The van der Waals surface area contributed by atoms with Crippen LogP contribution in [0.4, 0.5) is 11.4 Å². The largest absolute Gasteiger partial charge is 0.393 e. The van der Waals surface area contributed by atoms with Crippen molar-refractivity contribution in [1.82, 2.24) is 5.32 Å². The highest BCUT2D eigenvalue weighted by atomic mass is 35.5. The van der Waals surface area contributed by atoms with E-state index in [9.17, 15) is 14.9 Å². The molecular formula is C11H17ClN4O3. The number of carbonyl (C=O) groups is 1. The van der Waals surface area contributed by atoms with Crippen LogP contribution in [0.15, 0.2) is 18.2 Å². The van der Waals surface area contributed by atoms with E-state index in [0.717, 1.165) is 12.8 Å². The molecule has 0 saturated carbocycles. The second-order valence-electron chi connectivity index (χ2n) is 3.75. The van der Waals surface area contributed by atoms with Gasteiger partial charge in [0.1, 0.15) is 5.69 Å². The van der Waals surface area contributed by atoms with E-state index >= 15 is 0 Å². The van der Waals surface area contributed by atoms with Crippen LogP contribution in [-0.2, 0) is 0 Å². The molecule has 0 aromatic heterocycles. The van der Waals surface area contributed by atoms with Crippen molar-refractivity contribution < 1.29 is 9.72 Å². The number of halogens is 1. The second-order valence-corrected chi connectivity index (χ2v) is 3.75. The van der Waals surface area contributed by atoms with Crippen molar-refractivity contribution in [2.24, 2.45) is 5.73 Å². The number of unbranched alkanes of at least 4 members (excludes halogenated alkanes) is 1. The highest BCUT2D eigenvalue weighted by molar-refractivity contribution is 6.00. The number of nitrogens with one attached hydrogen (secondary N) is 1. The summed E-state index contributed by atoms with van der Waals surface area (Å²) in [5, 5.41) is 13.3. The summed E-state index contributed by atoms with van der Waals surface area (Å²) in [6, 6.07) is 4.16. The summed E-state index contributed by atoms with van der Waals surface area (Å²) in [4.78, 5) is 21.8. The molecule has 0 fully saturated rings. The summed E-state index contributed by atoms with van der Waals surface area (Å²) in [6.07, 6.45) is 1.57. The molecule has 0 aliphatic heterocycles. The molecule has 0 atom stereocenters. The van der Waals surface area contributed by atoms with Gasteiger partial charge in [-0.05, 0) is 25.5 Å². The minimum Gasteiger partial charge on any atom is -0.393 e. The average molecular weight is 289 g/mol. The van der Waals surface area contributed by atoms with Gasteiger partial charge in [0.25, 0.3) is 11.6 Å². The second kappa shape index (κ2) is 8.28. The van der Waals surface area contributed by atoms with E-state index < -0.39 is 10.8 Å². The lowest BCUT2D eigenvalue weighted by Gasteiger charge is -2.07. The van der Waals surface area contributed by atoms with Crippen molar-refractivity contribution in [2.45, 2.75) is 12.8 Å². The lowest BCUT2D eigenvalue weighted by molar-refractivity contribution is -0.383. The van der Waals surface area contributed by atoms with E-state index in [1.54, 1.807) is 0 Å². The first-order valence-corrected chi connectivity index (χ1v) is 5.59. The van der Waals surface area contributed by atoms with Crippen LogP contribution in [0.2, 0.25) is 0 Å². The van der Waals surface area contributed by atoms with Gasteiger partial charge < -0.3 is 16.8 Å². The fourth-order valence-corrected chi connectivity index (χ4v) is 1.48. The van der Waals surface area contributed by atoms with E-state index in [1.165, 1.54) is 18.2 Å². The molecule has 106 valence electrons. The summed E-state index contributed by atoms with van der Waals surface area (Å²) >= 11 is 0. The Hall–Kier alpha value is -1.86. The van der Waals surface area contributed by atoms with Gasteiger partial charge in [-0.2, -0.15) is 0 Å². The third-order valence-electron chi connectivity index (χ3n) is 2.44. The fraction of sp³-hybridized carbons (Fsp3) is 0.364. The number of amides is 1. The number of carbonyl (C=O) groups excluding carboxylic acids is 1. The molecule has 0 spiro atoms. The molecule has 8 heteroatoms. The Morgan fingerprint density at radius 1 is 1.37 bits per heavy atom. The third-order valence-corrected chi connectivity index (χ3v) is 2.44. The normalized spacial score (nSPS) is 9.53. The molecule has 5 N–H and O–H groups in total. The molecule has 0 radical (unpaired) electrons. The topological polar surface area (TPSA) is 124 Å². The van der Waals surface area contributed by atoms with E-state index in [4.69, 9.17) is 11.5 Å². The molecule has 1 amide bonds. The minimum atomic E-state index is -0.611. The van der Waals surface area contributed by atoms with Gasteiger partial charge in [0.15, 0.2) is 0 Å². The van der Waals surface area contributed by atoms with Gasteiger partial charge in [-0.15, -0.1) is 12.4 Å². The van der Waals surface area contributed by atoms with E-state index in [0.29, 0.717) is 13.1 Å². The zero-order valence-corrected chi connectivity index (χ0v) is 11.1. The summed E-state index contributed by atoms with van der Waals surface area (Å²) < 4.78 is 0. The fourth-order valence-electron chi connectivity index (χ4n) is 1.48. The first-order chi connectivity index (χ1) is 8.57. The Kier molecular flexibility index (Phi) is 7.47. The van der Waals surface area contributed by atoms with Crippen molar-refractivity contribution in [3.63, 3.8) is 0 Å². The Morgan fingerprint density at radius 3 is 2.63 bits per heavy atom. The monoisotopic (exact) mass is 288 g/mol. The van der Waals surface area contributed by atoms with Gasteiger partial charge in [0, 0.05) is 12.6 Å². The predicted molar refractivity (Wildman–Crippen MR) is 75.4 cm³/mol. The number of nitro benzene ring substituents is 1. The quantitative estimate of drug-likeness (QED) is 0.312. The van der Waals surface area contributed by atoms with Crippen LogP contribution in [0.25, 0.3) is 0 Å². The maximum Gasteiger partial charge on any atom is 0.292 e. The molecule has 0 heterocycles. The highest BCUT2D eigenvalue weighted by Crippen LogP contribution is 2.24. The van der Waals surface area contributed by atoms with Crippen molar-refractivity contribution in [3.8, 4) is 0 Å². The van der Waals surface area contributed by atoms with Crippen LogP contribution in [-0.4, -0.2) is 23.9 Å². The zero-order valence-electron chi connectivity index (χ0n) is 10.3. The van der Waals surface area contributed by atoms with Crippen LogP contribution in [0, 0.1) is 10.1 Å². The van der Waals surface area contributed by atoms with Crippen molar-refractivity contribution in [2.75, 3.05) is 18.8 Å². The van der Waals surface area contributed by atoms with Crippen LogP contribution in [0.3, 0.4) is 0 Å². The van der Waals surface area contributed by atoms with Crippen LogP contribution in [0.5, 0.6) is 0 Å². The maximum atomic E-state index is 11.8. The SMILES string of the molecule is Cl.NCCCCNC(=O)c1cccc([N+](=O)[O-])c1N.